The molecule has 0 bridgehead atoms. The lowest BCUT2D eigenvalue weighted by Crippen LogP contribution is -2.15. The van der Waals surface area contributed by atoms with Crippen LogP contribution < -0.4 is 0 Å². The first-order valence-corrected chi connectivity index (χ1v) is 4.30. The van der Waals surface area contributed by atoms with E-state index in [0.29, 0.717) is 5.56 Å². The summed E-state index contributed by atoms with van der Waals surface area (Å²) >= 11 is 0. The molecule has 1 rings (SSSR count). The first kappa shape index (κ1) is 11.2. The quantitative estimate of drug-likeness (QED) is 0.686. The maximum absolute atomic E-state index is 11.3. The predicted octanol–water partition coefficient (Wildman–Crippen LogP) is 0.720. The minimum Gasteiger partial charge on any atom is -0.466 e. The number of pyridine rings is 1. The van der Waals surface area contributed by atoms with E-state index >= 15 is 0 Å². The van der Waals surface area contributed by atoms with Gasteiger partial charge < -0.3 is 9.47 Å². The molecular formula is C10H11NO4. The number of hydrogen-bond donors (Lipinski definition) is 0. The Morgan fingerprint density at radius 1 is 1.40 bits per heavy atom. The van der Waals surface area contributed by atoms with Gasteiger partial charge in [-0.1, -0.05) is 0 Å². The molecule has 5 heteroatoms. The first-order valence-electron chi connectivity index (χ1n) is 4.30. The molecule has 0 aliphatic rings. The summed E-state index contributed by atoms with van der Waals surface area (Å²) in [5, 5.41) is 0. The average Bonchev–Trinajstić information content (AvgIpc) is 2.26. The molecule has 1 heterocycles. The van der Waals surface area contributed by atoms with E-state index < -0.39 is 11.9 Å². The van der Waals surface area contributed by atoms with Gasteiger partial charge in [-0.2, -0.15) is 0 Å². The van der Waals surface area contributed by atoms with Crippen molar-refractivity contribution in [3.63, 3.8) is 0 Å². The number of hydrogen-bond acceptors (Lipinski definition) is 5. The van der Waals surface area contributed by atoms with E-state index in [-0.39, 0.29) is 6.61 Å². The van der Waals surface area contributed by atoms with Gasteiger partial charge in [0, 0.05) is 11.9 Å². The summed E-state index contributed by atoms with van der Waals surface area (Å²) in [4.78, 5) is 25.9. The molecule has 0 spiro atoms. The standard InChI is InChI=1S/C10H11NO4/c1-7-3-4-8(5-11-7)10(13)15-6-9(12)14-2/h3-5H,6H2,1-2H3. The summed E-state index contributed by atoms with van der Waals surface area (Å²) in [5.74, 6) is -1.18. The number of esters is 2. The Morgan fingerprint density at radius 2 is 2.13 bits per heavy atom. The zero-order valence-corrected chi connectivity index (χ0v) is 8.52. The van der Waals surface area contributed by atoms with Gasteiger partial charge in [0.25, 0.3) is 0 Å². The molecule has 0 fully saturated rings. The van der Waals surface area contributed by atoms with Crippen molar-refractivity contribution >= 4 is 11.9 Å². The number of carbonyl (C=O) groups excluding carboxylic acids is 2. The number of nitrogens with zero attached hydrogens (tertiary/aromatic N) is 1. The number of aryl methyl sites for hydroxylation is 1. The van der Waals surface area contributed by atoms with Crippen molar-refractivity contribution in [3.8, 4) is 0 Å². The first-order chi connectivity index (χ1) is 7.13. The van der Waals surface area contributed by atoms with E-state index in [0.717, 1.165) is 5.69 Å². The summed E-state index contributed by atoms with van der Waals surface area (Å²) in [6, 6.07) is 3.27. The fourth-order valence-electron chi connectivity index (χ4n) is 0.855. The molecule has 0 unspecified atom stereocenters. The van der Waals surface area contributed by atoms with Gasteiger partial charge in [-0.25, -0.2) is 9.59 Å². The van der Waals surface area contributed by atoms with Crippen LogP contribution in [0, 0.1) is 6.92 Å². The second-order valence-electron chi connectivity index (χ2n) is 2.84. The summed E-state index contributed by atoms with van der Waals surface area (Å²) in [6.45, 7) is 1.42. The van der Waals surface area contributed by atoms with Crippen LogP contribution in [-0.4, -0.2) is 30.6 Å². The van der Waals surface area contributed by atoms with Crippen LogP contribution in [0.2, 0.25) is 0 Å². The molecule has 0 aromatic carbocycles. The molecule has 0 amide bonds. The highest BCUT2D eigenvalue weighted by Gasteiger charge is 2.09. The Labute approximate surface area is 87.0 Å². The van der Waals surface area contributed by atoms with Crippen molar-refractivity contribution in [3.05, 3.63) is 29.6 Å². The molecule has 0 saturated heterocycles. The van der Waals surface area contributed by atoms with Crippen LogP contribution in [-0.2, 0) is 14.3 Å². The molecule has 15 heavy (non-hydrogen) atoms. The van der Waals surface area contributed by atoms with E-state index in [2.05, 4.69) is 14.5 Å². The Kier molecular flexibility index (Phi) is 3.79. The molecule has 0 aliphatic carbocycles. The summed E-state index contributed by atoms with van der Waals surface area (Å²) in [7, 11) is 1.23. The third-order valence-electron chi connectivity index (χ3n) is 1.70. The van der Waals surface area contributed by atoms with Crippen LogP contribution >= 0.6 is 0 Å². The summed E-state index contributed by atoms with van der Waals surface area (Å²) < 4.78 is 8.99. The second-order valence-corrected chi connectivity index (χ2v) is 2.84. The van der Waals surface area contributed by atoms with Crippen molar-refractivity contribution in [1.29, 1.82) is 0 Å². The summed E-state index contributed by atoms with van der Waals surface area (Å²) in [5.41, 5.74) is 1.11. The highest BCUT2D eigenvalue weighted by atomic mass is 16.6. The van der Waals surface area contributed by atoms with Crippen LogP contribution in [0.25, 0.3) is 0 Å². The molecule has 0 aliphatic heterocycles. The average molecular weight is 209 g/mol. The van der Waals surface area contributed by atoms with Gasteiger partial charge in [0.05, 0.1) is 12.7 Å². The van der Waals surface area contributed by atoms with Crippen molar-refractivity contribution in [2.75, 3.05) is 13.7 Å². The van der Waals surface area contributed by atoms with Crippen molar-refractivity contribution in [2.45, 2.75) is 6.92 Å². The molecule has 80 valence electrons. The highest BCUT2D eigenvalue weighted by Crippen LogP contribution is 2.01. The normalized spacial score (nSPS) is 9.47. The fraction of sp³-hybridized carbons (Fsp3) is 0.300. The number of methoxy groups -OCH3 is 1. The maximum atomic E-state index is 11.3. The molecule has 0 saturated carbocycles. The van der Waals surface area contributed by atoms with E-state index in [1.807, 2.05) is 6.92 Å². The van der Waals surface area contributed by atoms with E-state index in [9.17, 15) is 9.59 Å². The van der Waals surface area contributed by atoms with Crippen LogP contribution in [0.3, 0.4) is 0 Å². The number of aromatic nitrogens is 1. The smallest absolute Gasteiger partial charge is 0.344 e. The highest BCUT2D eigenvalue weighted by molar-refractivity contribution is 5.90. The molecular weight excluding hydrogens is 198 g/mol. The molecule has 0 radical (unpaired) electrons. The van der Waals surface area contributed by atoms with E-state index in [1.54, 1.807) is 12.1 Å². The van der Waals surface area contributed by atoms with Gasteiger partial charge in [-0.3, -0.25) is 4.98 Å². The van der Waals surface area contributed by atoms with Crippen LogP contribution in [0.15, 0.2) is 18.3 Å². The number of ether oxygens (including phenoxy) is 2. The predicted molar refractivity (Wildman–Crippen MR) is 51.3 cm³/mol. The third kappa shape index (κ3) is 3.38. The number of carbonyl (C=O) groups is 2. The van der Waals surface area contributed by atoms with Gasteiger partial charge >= 0.3 is 11.9 Å². The zero-order chi connectivity index (χ0) is 11.3. The van der Waals surface area contributed by atoms with Crippen LogP contribution in [0.1, 0.15) is 16.1 Å². The Bertz CT molecular complexity index is 358. The molecule has 0 atom stereocenters. The van der Waals surface area contributed by atoms with Gasteiger partial charge in [0.15, 0.2) is 6.61 Å². The second kappa shape index (κ2) is 5.09. The lowest BCUT2D eigenvalue weighted by Gasteiger charge is -2.02. The van der Waals surface area contributed by atoms with Gasteiger partial charge in [-0.05, 0) is 19.1 Å². The van der Waals surface area contributed by atoms with Gasteiger partial charge in [0.1, 0.15) is 0 Å². The lowest BCUT2D eigenvalue weighted by atomic mass is 10.2. The molecule has 5 nitrogen and oxygen atoms in total. The Morgan fingerprint density at radius 3 is 2.67 bits per heavy atom. The van der Waals surface area contributed by atoms with Crippen LogP contribution in [0.4, 0.5) is 0 Å². The minimum absolute atomic E-state index is 0.310. The summed E-state index contributed by atoms with van der Waals surface area (Å²) in [6.07, 6.45) is 1.40. The van der Waals surface area contributed by atoms with Crippen molar-refractivity contribution in [2.24, 2.45) is 0 Å². The number of rotatable bonds is 3. The topological polar surface area (TPSA) is 65.5 Å². The van der Waals surface area contributed by atoms with Crippen molar-refractivity contribution < 1.29 is 19.1 Å². The fourth-order valence-corrected chi connectivity index (χ4v) is 0.855. The largest absolute Gasteiger partial charge is 0.466 e. The molecule has 0 N–H and O–H groups in total. The zero-order valence-electron chi connectivity index (χ0n) is 8.52. The maximum Gasteiger partial charge on any atom is 0.344 e. The van der Waals surface area contributed by atoms with E-state index in [1.165, 1.54) is 13.3 Å². The molecule has 1 aromatic heterocycles. The van der Waals surface area contributed by atoms with Gasteiger partial charge in [-0.15, -0.1) is 0 Å². The molecule has 1 aromatic rings. The minimum atomic E-state index is -0.594. The SMILES string of the molecule is COC(=O)COC(=O)c1ccc(C)nc1. The Hall–Kier alpha value is -1.91. The third-order valence-corrected chi connectivity index (χ3v) is 1.70. The van der Waals surface area contributed by atoms with Crippen LogP contribution in [0.5, 0.6) is 0 Å². The van der Waals surface area contributed by atoms with E-state index in [4.69, 9.17) is 0 Å². The van der Waals surface area contributed by atoms with Gasteiger partial charge in [0.2, 0.25) is 0 Å². The lowest BCUT2D eigenvalue weighted by molar-refractivity contribution is -0.144. The Balaban J connectivity index is 2.54. The van der Waals surface area contributed by atoms with Crippen molar-refractivity contribution in [1.82, 2.24) is 4.98 Å². The monoisotopic (exact) mass is 209 g/mol.